The van der Waals surface area contributed by atoms with Crippen molar-refractivity contribution < 1.29 is 13.2 Å². The Morgan fingerprint density at radius 1 is 1.21 bits per heavy atom. The third-order valence-electron chi connectivity index (χ3n) is 3.45. The molecule has 0 aliphatic heterocycles. The molecule has 6 heteroatoms. The number of hydrogen-bond acceptors (Lipinski definition) is 3. The second-order valence-electron chi connectivity index (χ2n) is 4.56. The number of alkyl halides is 3. The van der Waals surface area contributed by atoms with E-state index in [0.717, 1.165) is 25.0 Å². The van der Waals surface area contributed by atoms with Crippen LogP contribution in [0.25, 0.3) is 0 Å². The SMILES string of the molecule is CCC(CC)C(NN)c1cc(C(F)(F)F)ccc1N. The lowest BCUT2D eigenvalue weighted by atomic mass is 9.87. The van der Waals surface area contributed by atoms with Crippen LogP contribution in [0.2, 0.25) is 0 Å². The smallest absolute Gasteiger partial charge is 0.398 e. The Kier molecular flexibility index (Phi) is 5.20. The standard InChI is InChI=1S/C13H20F3N3/c1-3-8(4-2)12(19-18)10-7-9(13(14,15)16)5-6-11(10)17/h5-8,12,19H,3-4,17-18H2,1-2H3. The molecule has 0 heterocycles. The molecular weight excluding hydrogens is 255 g/mol. The molecular formula is C13H20F3N3. The molecule has 0 aliphatic carbocycles. The van der Waals surface area contributed by atoms with Gasteiger partial charge in [0.15, 0.2) is 0 Å². The molecule has 1 aromatic rings. The van der Waals surface area contributed by atoms with Crippen molar-refractivity contribution in [3.63, 3.8) is 0 Å². The van der Waals surface area contributed by atoms with Gasteiger partial charge in [0, 0.05) is 5.69 Å². The summed E-state index contributed by atoms with van der Waals surface area (Å²) in [5, 5.41) is 0. The second-order valence-corrected chi connectivity index (χ2v) is 4.56. The number of hydrogen-bond donors (Lipinski definition) is 3. The van der Waals surface area contributed by atoms with E-state index in [9.17, 15) is 13.2 Å². The first-order valence-corrected chi connectivity index (χ1v) is 6.27. The van der Waals surface area contributed by atoms with E-state index >= 15 is 0 Å². The molecule has 0 spiro atoms. The largest absolute Gasteiger partial charge is 0.416 e. The van der Waals surface area contributed by atoms with E-state index in [1.165, 1.54) is 6.07 Å². The highest BCUT2D eigenvalue weighted by atomic mass is 19.4. The maximum Gasteiger partial charge on any atom is 0.416 e. The lowest BCUT2D eigenvalue weighted by Crippen LogP contribution is -2.34. The Balaban J connectivity index is 3.23. The van der Waals surface area contributed by atoms with Crippen LogP contribution < -0.4 is 17.0 Å². The van der Waals surface area contributed by atoms with Crippen LogP contribution in [0.3, 0.4) is 0 Å². The molecule has 0 saturated carbocycles. The van der Waals surface area contributed by atoms with Gasteiger partial charge in [0.25, 0.3) is 0 Å². The van der Waals surface area contributed by atoms with Gasteiger partial charge in [0.2, 0.25) is 0 Å². The number of hydrazine groups is 1. The first-order chi connectivity index (χ1) is 8.85. The number of halogens is 3. The maximum absolute atomic E-state index is 12.7. The van der Waals surface area contributed by atoms with Gasteiger partial charge in [0.05, 0.1) is 11.6 Å². The Morgan fingerprint density at radius 3 is 2.21 bits per heavy atom. The van der Waals surface area contributed by atoms with E-state index in [4.69, 9.17) is 11.6 Å². The molecule has 1 aromatic carbocycles. The summed E-state index contributed by atoms with van der Waals surface area (Å²) in [6, 6.07) is 2.97. The van der Waals surface area contributed by atoms with Gasteiger partial charge in [-0.25, -0.2) is 0 Å². The maximum atomic E-state index is 12.7. The third-order valence-corrected chi connectivity index (χ3v) is 3.45. The first-order valence-electron chi connectivity index (χ1n) is 6.27. The second kappa shape index (κ2) is 6.25. The fraction of sp³-hybridized carbons (Fsp3) is 0.538. The zero-order valence-electron chi connectivity index (χ0n) is 11.1. The van der Waals surface area contributed by atoms with E-state index in [2.05, 4.69) is 5.43 Å². The van der Waals surface area contributed by atoms with Gasteiger partial charge in [-0.15, -0.1) is 0 Å². The summed E-state index contributed by atoms with van der Waals surface area (Å²) < 4.78 is 38.2. The van der Waals surface area contributed by atoms with Crippen LogP contribution in [-0.4, -0.2) is 0 Å². The fourth-order valence-corrected chi connectivity index (χ4v) is 2.26. The first kappa shape index (κ1) is 15.8. The molecule has 0 radical (unpaired) electrons. The number of nitrogens with two attached hydrogens (primary N) is 2. The Bertz CT molecular complexity index is 414. The zero-order valence-corrected chi connectivity index (χ0v) is 11.1. The summed E-state index contributed by atoms with van der Waals surface area (Å²) >= 11 is 0. The quantitative estimate of drug-likeness (QED) is 0.439. The lowest BCUT2D eigenvalue weighted by molar-refractivity contribution is -0.137. The highest BCUT2D eigenvalue weighted by Gasteiger charge is 2.32. The molecule has 5 N–H and O–H groups in total. The number of benzene rings is 1. The van der Waals surface area contributed by atoms with Crippen molar-refractivity contribution in [2.75, 3.05) is 5.73 Å². The number of rotatable bonds is 5. The Morgan fingerprint density at radius 2 is 1.79 bits per heavy atom. The van der Waals surface area contributed by atoms with Crippen molar-refractivity contribution in [3.8, 4) is 0 Å². The lowest BCUT2D eigenvalue weighted by Gasteiger charge is -2.26. The minimum Gasteiger partial charge on any atom is -0.398 e. The topological polar surface area (TPSA) is 64.1 Å². The van der Waals surface area contributed by atoms with Crippen molar-refractivity contribution in [1.29, 1.82) is 0 Å². The normalized spacial score (nSPS) is 13.8. The van der Waals surface area contributed by atoms with Crippen molar-refractivity contribution in [1.82, 2.24) is 5.43 Å². The van der Waals surface area contributed by atoms with Crippen LogP contribution in [0.1, 0.15) is 43.9 Å². The number of nitrogens with one attached hydrogen (secondary N) is 1. The van der Waals surface area contributed by atoms with Crippen molar-refractivity contribution in [3.05, 3.63) is 29.3 Å². The summed E-state index contributed by atoms with van der Waals surface area (Å²) in [6.45, 7) is 3.95. The molecule has 108 valence electrons. The van der Waals surface area contributed by atoms with Gasteiger partial charge in [-0.05, 0) is 29.7 Å². The molecule has 0 saturated heterocycles. The molecule has 19 heavy (non-hydrogen) atoms. The van der Waals surface area contributed by atoms with E-state index in [-0.39, 0.29) is 12.0 Å². The predicted molar refractivity (Wildman–Crippen MR) is 70.0 cm³/mol. The molecule has 0 amide bonds. The van der Waals surface area contributed by atoms with Crippen LogP contribution in [0.4, 0.5) is 18.9 Å². The molecule has 0 fully saturated rings. The average Bonchev–Trinajstić information content (AvgIpc) is 2.35. The van der Waals surface area contributed by atoms with Crippen molar-refractivity contribution in [2.45, 2.75) is 38.9 Å². The van der Waals surface area contributed by atoms with Crippen molar-refractivity contribution >= 4 is 5.69 Å². The van der Waals surface area contributed by atoms with Gasteiger partial charge in [-0.3, -0.25) is 11.3 Å². The highest BCUT2D eigenvalue weighted by molar-refractivity contribution is 5.51. The monoisotopic (exact) mass is 275 g/mol. The van der Waals surface area contributed by atoms with Gasteiger partial charge in [-0.2, -0.15) is 13.2 Å². The van der Waals surface area contributed by atoms with Crippen LogP contribution in [-0.2, 0) is 6.18 Å². The van der Waals surface area contributed by atoms with Crippen LogP contribution >= 0.6 is 0 Å². The number of anilines is 1. The molecule has 0 bridgehead atoms. The Labute approximate surface area is 111 Å². The van der Waals surface area contributed by atoms with Crippen LogP contribution in [0.15, 0.2) is 18.2 Å². The molecule has 1 unspecified atom stereocenters. The minimum absolute atomic E-state index is 0.135. The van der Waals surface area contributed by atoms with Crippen molar-refractivity contribution in [2.24, 2.45) is 11.8 Å². The Hall–Kier alpha value is -1.27. The molecule has 0 aliphatic rings. The number of nitrogen functional groups attached to an aromatic ring is 1. The van der Waals surface area contributed by atoms with E-state index in [1.807, 2.05) is 13.8 Å². The summed E-state index contributed by atoms with van der Waals surface area (Å²) in [6.07, 6.45) is -2.77. The van der Waals surface area contributed by atoms with E-state index < -0.39 is 11.7 Å². The van der Waals surface area contributed by atoms with Crippen LogP contribution in [0, 0.1) is 5.92 Å². The summed E-state index contributed by atoms with van der Waals surface area (Å²) in [4.78, 5) is 0. The van der Waals surface area contributed by atoms with Gasteiger partial charge < -0.3 is 5.73 Å². The third kappa shape index (κ3) is 3.61. The summed E-state index contributed by atoms with van der Waals surface area (Å²) in [7, 11) is 0. The van der Waals surface area contributed by atoms with E-state index in [1.54, 1.807) is 0 Å². The molecule has 1 rings (SSSR count). The van der Waals surface area contributed by atoms with E-state index in [0.29, 0.717) is 11.3 Å². The van der Waals surface area contributed by atoms with Gasteiger partial charge >= 0.3 is 6.18 Å². The minimum atomic E-state index is -4.38. The molecule has 3 nitrogen and oxygen atoms in total. The summed E-state index contributed by atoms with van der Waals surface area (Å²) in [5.74, 6) is 5.63. The predicted octanol–water partition coefficient (Wildman–Crippen LogP) is 3.23. The van der Waals surface area contributed by atoms with Crippen LogP contribution in [0.5, 0.6) is 0 Å². The molecule has 1 atom stereocenters. The van der Waals surface area contributed by atoms with Gasteiger partial charge in [0.1, 0.15) is 0 Å². The van der Waals surface area contributed by atoms with Gasteiger partial charge in [-0.1, -0.05) is 26.7 Å². The fourth-order valence-electron chi connectivity index (χ4n) is 2.26. The zero-order chi connectivity index (χ0) is 14.6. The average molecular weight is 275 g/mol. The highest BCUT2D eigenvalue weighted by Crippen LogP contribution is 2.36. The molecule has 0 aromatic heterocycles. The summed E-state index contributed by atoms with van der Waals surface area (Å²) in [5.41, 5.74) is 8.41.